The van der Waals surface area contributed by atoms with Crippen molar-refractivity contribution in [2.75, 3.05) is 0 Å². The fraction of sp³-hybridized carbons (Fsp3) is 0. The van der Waals surface area contributed by atoms with Crippen molar-refractivity contribution < 1.29 is 0 Å². The van der Waals surface area contributed by atoms with Gasteiger partial charge in [0.15, 0.2) is 0 Å². The molecule has 0 aliphatic rings. The molecule has 5 aromatic carbocycles. The summed E-state index contributed by atoms with van der Waals surface area (Å²) in [6.45, 7) is 9.15. The van der Waals surface area contributed by atoms with Crippen LogP contribution in [0.2, 0.25) is 0 Å². The zero-order valence-corrected chi connectivity index (χ0v) is 20.6. The predicted octanol–water partition coefficient (Wildman–Crippen LogP) is 9.64. The molecule has 0 amide bonds. The number of hydrogen-bond acceptors (Lipinski definition) is 0. The third-order valence-corrected chi connectivity index (χ3v) is 6.88. The van der Waals surface area contributed by atoms with Gasteiger partial charge in [0.2, 0.25) is 0 Å². The van der Waals surface area contributed by atoms with Crippen molar-refractivity contribution in [1.82, 2.24) is 0 Å². The molecule has 0 bridgehead atoms. The molecule has 5 rings (SSSR count). The smallest absolute Gasteiger partial charge is 0.0181 e. The number of fused-ring (bicyclic) bond motifs is 3. The maximum Gasteiger partial charge on any atom is 0.0181 e. The lowest BCUT2D eigenvalue weighted by Crippen LogP contribution is -1.99. The SMILES string of the molecule is C=C(c1ccccc1)c1c(C(=C)c2ccccc2)c2cc(Br)ccc2c2ccc(Br)cc12. The van der Waals surface area contributed by atoms with Crippen LogP contribution in [0.1, 0.15) is 22.3 Å². The highest BCUT2D eigenvalue weighted by molar-refractivity contribution is 9.10. The van der Waals surface area contributed by atoms with E-state index in [1.807, 2.05) is 12.1 Å². The van der Waals surface area contributed by atoms with Crippen LogP contribution in [-0.2, 0) is 0 Å². The van der Waals surface area contributed by atoms with E-state index in [0.717, 1.165) is 53.1 Å². The Morgan fingerprint density at radius 1 is 0.469 bits per heavy atom. The summed E-state index contributed by atoms with van der Waals surface area (Å²) in [5.41, 5.74) is 6.42. The Hall–Kier alpha value is -2.94. The first kappa shape index (κ1) is 20.9. The fourth-order valence-electron chi connectivity index (χ4n) is 4.38. The van der Waals surface area contributed by atoms with Crippen molar-refractivity contribution in [1.29, 1.82) is 0 Å². The highest BCUT2D eigenvalue weighted by Crippen LogP contribution is 2.44. The molecule has 0 fully saturated rings. The second-order valence-electron chi connectivity index (χ2n) is 7.82. The molecule has 32 heavy (non-hydrogen) atoms. The molecule has 2 heteroatoms. The Balaban J connectivity index is 1.97. The molecule has 0 saturated heterocycles. The molecular formula is C30H20Br2. The Morgan fingerprint density at radius 2 is 0.844 bits per heavy atom. The summed E-state index contributed by atoms with van der Waals surface area (Å²) in [7, 11) is 0. The average molecular weight is 540 g/mol. The lowest BCUT2D eigenvalue weighted by atomic mass is 9.82. The zero-order chi connectivity index (χ0) is 22.2. The van der Waals surface area contributed by atoms with Crippen molar-refractivity contribution in [2.45, 2.75) is 0 Å². The normalized spacial score (nSPS) is 11.1. The van der Waals surface area contributed by atoms with Gasteiger partial charge in [-0.3, -0.25) is 0 Å². The summed E-state index contributed by atoms with van der Waals surface area (Å²) in [6, 6.07) is 33.7. The first-order valence-electron chi connectivity index (χ1n) is 10.4. The van der Waals surface area contributed by atoms with Crippen molar-refractivity contribution >= 4 is 64.6 Å². The summed E-state index contributed by atoms with van der Waals surface area (Å²) in [5, 5.41) is 4.73. The molecule has 0 saturated carbocycles. The molecule has 0 radical (unpaired) electrons. The van der Waals surface area contributed by atoms with Crippen LogP contribution in [0.15, 0.2) is 119 Å². The van der Waals surface area contributed by atoms with Crippen LogP contribution in [0.4, 0.5) is 0 Å². The Kier molecular flexibility index (Phi) is 5.58. The van der Waals surface area contributed by atoms with Gasteiger partial charge in [-0.15, -0.1) is 0 Å². The zero-order valence-electron chi connectivity index (χ0n) is 17.4. The number of benzene rings is 5. The highest BCUT2D eigenvalue weighted by atomic mass is 79.9. The first-order chi connectivity index (χ1) is 15.5. The van der Waals surface area contributed by atoms with E-state index in [0.29, 0.717) is 0 Å². The quantitative estimate of drug-likeness (QED) is 0.199. The van der Waals surface area contributed by atoms with Gasteiger partial charge in [-0.25, -0.2) is 0 Å². The van der Waals surface area contributed by atoms with E-state index in [1.54, 1.807) is 0 Å². The van der Waals surface area contributed by atoms with Crippen molar-refractivity contribution in [3.8, 4) is 0 Å². The Labute approximate surface area is 205 Å². The van der Waals surface area contributed by atoms with Gasteiger partial charge in [-0.05, 0) is 79.2 Å². The van der Waals surface area contributed by atoms with Crippen LogP contribution in [0, 0.1) is 0 Å². The monoisotopic (exact) mass is 538 g/mol. The van der Waals surface area contributed by atoms with Gasteiger partial charge in [0.25, 0.3) is 0 Å². The Bertz CT molecular complexity index is 1380. The van der Waals surface area contributed by atoms with E-state index in [1.165, 1.54) is 10.8 Å². The van der Waals surface area contributed by atoms with Crippen LogP contribution in [0.25, 0.3) is 32.7 Å². The van der Waals surface area contributed by atoms with Gasteiger partial charge in [-0.1, -0.05) is 118 Å². The molecule has 0 atom stereocenters. The topological polar surface area (TPSA) is 0 Å². The summed E-state index contributed by atoms with van der Waals surface area (Å²) in [4.78, 5) is 0. The molecular weight excluding hydrogens is 520 g/mol. The fourth-order valence-corrected chi connectivity index (χ4v) is 5.10. The van der Waals surface area contributed by atoms with Crippen molar-refractivity contribution in [3.63, 3.8) is 0 Å². The Morgan fingerprint density at radius 3 is 1.22 bits per heavy atom. The van der Waals surface area contributed by atoms with Gasteiger partial charge in [0.1, 0.15) is 0 Å². The molecule has 0 aliphatic carbocycles. The van der Waals surface area contributed by atoms with E-state index in [9.17, 15) is 0 Å². The minimum absolute atomic E-state index is 0.989. The summed E-state index contributed by atoms with van der Waals surface area (Å²) in [5.74, 6) is 0. The van der Waals surface area contributed by atoms with Gasteiger partial charge in [0.05, 0.1) is 0 Å². The molecule has 0 N–H and O–H groups in total. The van der Waals surface area contributed by atoms with Crippen LogP contribution in [-0.4, -0.2) is 0 Å². The lowest BCUT2D eigenvalue weighted by molar-refractivity contribution is 1.54. The van der Waals surface area contributed by atoms with Crippen molar-refractivity contribution in [3.05, 3.63) is 141 Å². The number of hydrogen-bond donors (Lipinski definition) is 0. The molecule has 0 aromatic heterocycles. The minimum atomic E-state index is 0.989. The second-order valence-corrected chi connectivity index (χ2v) is 9.65. The summed E-state index contributed by atoms with van der Waals surface area (Å²) >= 11 is 7.39. The van der Waals surface area contributed by atoms with Crippen LogP contribution >= 0.6 is 31.9 Å². The molecule has 0 aliphatic heterocycles. The molecule has 0 heterocycles. The van der Waals surface area contributed by atoms with E-state index >= 15 is 0 Å². The van der Waals surface area contributed by atoms with Crippen molar-refractivity contribution in [2.24, 2.45) is 0 Å². The van der Waals surface area contributed by atoms with Gasteiger partial charge >= 0.3 is 0 Å². The third-order valence-electron chi connectivity index (χ3n) is 5.89. The lowest BCUT2D eigenvalue weighted by Gasteiger charge is -2.22. The maximum atomic E-state index is 4.57. The summed E-state index contributed by atoms with van der Waals surface area (Å²) in [6.07, 6.45) is 0. The van der Waals surface area contributed by atoms with E-state index in [2.05, 4.69) is 130 Å². The molecule has 0 nitrogen and oxygen atoms in total. The van der Waals surface area contributed by atoms with Crippen LogP contribution in [0.5, 0.6) is 0 Å². The van der Waals surface area contributed by atoms with Crippen LogP contribution < -0.4 is 0 Å². The predicted molar refractivity (Wildman–Crippen MR) is 146 cm³/mol. The highest BCUT2D eigenvalue weighted by Gasteiger charge is 2.20. The minimum Gasteiger partial charge on any atom is -0.0905 e. The molecule has 0 unspecified atom stereocenters. The van der Waals surface area contributed by atoms with Gasteiger partial charge in [-0.2, -0.15) is 0 Å². The van der Waals surface area contributed by atoms with E-state index in [4.69, 9.17) is 0 Å². The molecule has 0 spiro atoms. The standard InChI is InChI=1S/C30H20Br2/c1-19(21-9-5-3-6-10-21)29-27-17-23(31)13-15-25(27)26-16-14-24(32)18-28(26)30(29)20(2)22-11-7-4-8-12-22/h3-18H,1-2H2. The van der Waals surface area contributed by atoms with Crippen LogP contribution in [0.3, 0.4) is 0 Å². The number of rotatable bonds is 4. The third kappa shape index (κ3) is 3.64. The van der Waals surface area contributed by atoms with Gasteiger partial charge < -0.3 is 0 Å². The maximum absolute atomic E-state index is 4.57. The summed E-state index contributed by atoms with van der Waals surface area (Å²) < 4.78 is 2.08. The first-order valence-corrected chi connectivity index (χ1v) is 12.0. The van der Waals surface area contributed by atoms with E-state index < -0.39 is 0 Å². The largest absolute Gasteiger partial charge is 0.0905 e. The second kappa shape index (κ2) is 8.54. The molecule has 5 aromatic rings. The van der Waals surface area contributed by atoms with Gasteiger partial charge in [0, 0.05) is 8.95 Å². The number of halogens is 2. The molecule has 154 valence electrons. The van der Waals surface area contributed by atoms with E-state index in [-0.39, 0.29) is 0 Å². The average Bonchev–Trinajstić information content (AvgIpc) is 2.83.